The number of carbonyl (C=O) groups is 2. The van der Waals surface area contributed by atoms with Crippen molar-refractivity contribution in [2.75, 3.05) is 10.3 Å². The van der Waals surface area contributed by atoms with Crippen molar-refractivity contribution < 1.29 is 27.5 Å². The van der Waals surface area contributed by atoms with Crippen LogP contribution in [0.2, 0.25) is 0 Å². The number of ether oxygens (including phenoxy) is 1. The van der Waals surface area contributed by atoms with Crippen LogP contribution in [-0.4, -0.2) is 29.9 Å². The second kappa shape index (κ2) is 7.59. The molecular formula is C18H15F3N4O3. The van der Waals surface area contributed by atoms with E-state index in [9.17, 15) is 22.8 Å². The second-order valence-corrected chi connectivity index (χ2v) is 5.88. The summed E-state index contributed by atoms with van der Waals surface area (Å²) in [7, 11) is 0. The van der Waals surface area contributed by atoms with Gasteiger partial charge in [-0.1, -0.05) is 24.3 Å². The van der Waals surface area contributed by atoms with Crippen LogP contribution in [0, 0.1) is 0 Å². The fourth-order valence-electron chi connectivity index (χ4n) is 2.66. The van der Waals surface area contributed by atoms with Crippen LogP contribution in [0.5, 0.6) is 5.75 Å². The third-order valence-corrected chi connectivity index (χ3v) is 3.85. The third-order valence-electron chi connectivity index (χ3n) is 3.85. The van der Waals surface area contributed by atoms with Gasteiger partial charge in [-0.25, -0.2) is 0 Å². The molecule has 3 N–H and O–H groups in total. The van der Waals surface area contributed by atoms with Gasteiger partial charge in [-0.2, -0.15) is 5.10 Å². The van der Waals surface area contributed by atoms with E-state index in [0.29, 0.717) is 5.69 Å². The molecule has 3 rings (SSSR count). The molecule has 0 aromatic heterocycles. The number of carbonyl (C=O) groups excluding carboxylic acids is 2. The van der Waals surface area contributed by atoms with Gasteiger partial charge >= 0.3 is 6.36 Å². The van der Waals surface area contributed by atoms with E-state index in [2.05, 4.69) is 15.2 Å². The lowest BCUT2D eigenvalue weighted by Crippen LogP contribution is -2.39. The van der Waals surface area contributed by atoms with Gasteiger partial charge in [-0.3, -0.25) is 14.6 Å². The lowest BCUT2D eigenvalue weighted by atomic mass is 10.1. The fourth-order valence-corrected chi connectivity index (χ4v) is 2.66. The lowest BCUT2D eigenvalue weighted by molar-refractivity contribution is -0.274. The van der Waals surface area contributed by atoms with Gasteiger partial charge in [-0.05, 0) is 24.3 Å². The van der Waals surface area contributed by atoms with Crippen molar-refractivity contribution in [2.24, 2.45) is 10.8 Å². The van der Waals surface area contributed by atoms with E-state index < -0.39 is 30.0 Å². The van der Waals surface area contributed by atoms with E-state index >= 15 is 0 Å². The van der Waals surface area contributed by atoms with E-state index in [4.69, 9.17) is 5.73 Å². The van der Waals surface area contributed by atoms with Gasteiger partial charge in [0.1, 0.15) is 17.5 Å². The summed E-state index contributed by atoms with van der Waals surface area (Å²) in [6, 6.07) is 12.7. The SMILES string of the molecule is NC(=O)[C@H]1CC(C(=O)Nc2cccc(OC(F)(F)F)c2)=NN1c1ccccc1. The molecule has 1 aliphatic heterocycles. The smallest absolute Gasteiger partial charge is 0.406 e. The minimum atomic E-state index is -4.84. The highest BCUT2D eigenvalue weighted by Crippen LogP contribution is 2.27. The molecule has 2 aromatic rings. The maximum atomic E-state index is 12.5. The number of primary amides is 1. The van der Waals surface area contributed by atoms with Crippen LogP contribution in [0.25, 0.3) is 0 Å². The van der Waals surface area contributed by atoms with Crippen molar-refractivity contribution in [2.45, 2.75) is 18.8 Å². The van der Waals surface area contributed by atoms with Crippen LogP contribution in [0.15, 0.2) is 59.7 Å². The maximum Gasteiger partial charge on any atom is 0.573 e. The summed E-state index contributed by atoms with van der Waals surface area (Å²) in [6.07, 6.45) is -4.88. The van der Waals surface area contributed by atoms with Crippen LogP contribution >= 0.6 is 0 Å². The van der Waals surface area contributed by atoms with Gasteiger partial charge in [0, 0.05) is 18.2 Å². The Hall–Kier alpha value is -3.56. The summed E-state index contributed by atoms with van der Waals surface area (Å²) in [6.45, 7) is 0. The van der Waals surface area contributed by atoms with E-state index in [1.54, 1.807) is 30.3 Å². The average Bonchev–Trinajstić information content (AvgIpc) is 3.07. The predicted molar refractivity (Wildman–Crippen MR) is 95.7 cm³/mol. The Kier molecular flexibility index (Phi) is 5.21. The van der Waals surface area contributed by atoms with Crippen molar-refractivity contribution in [3.63, 3.8) is 0 Å². The maximum absolute atomic E-state index is 12.5. The van der Waals surface area contributed by atoms with Gasteiger partial charge in [0.2, 0.25) is 5.91 Å². The highest BCUT2D eigenvalue weighted by molar-refractivity contribution is 6.44. The Morgan fingerprint density at radius 1 is 1.14 bits per heavy atom. The van der Waals surface area contributed by atoms with E-state index in [1.165, 1.54) is 17.1 Å². The van der Waals surface area contributed by atoms with Crippen molar-refractivity contribution in [3.8, 4) is 5.75 Å². The zero-order chi connectivity index (χ0) is 20.3. The molecule has 1 heterocycles. The zero-order valence-electron chi connectivity index (χ0n) is 14.3. The summed E-state index contributed by atoms with van der Waals surface area (Å²) in [5.41, 5.74) is 6.10. The number of hydrogen-bond donors (Lipinski definition) is 2. The number of nitrogens with zero attached hydrogens (tertiary/aromatic N) is 2. The molecule has 2 amide bonds. The van der Waals surface area contributed by atoms with Crippen molar-refractivity contribution in [3.05, 3.63) is 54.6 Å². The van der Waals surface area contributed by atoms with Crippen LogP contribution < -0.4 is 20.8 Å². The van der Waals surface area contributed by atoms with Crippen LogP contribution in [0.4, 0.5) is 24.5 Å². The normalized spacial score (nSPS) is 16.5. The number of hydrazone groups is 1. The number of anilines is 2. The second-order valence-electron chi connectivity index (χ2n) is 5.88. The Bertz CT molecular complexity index is 916. The Morgan fingerprint density at radius 3 is 2.50 bits per heavy atom. The van der Waals surface area contributed by atoms with Gasteiger partial charge < -0.3 is 15.8 Å². The summed E-state index contributed by atoms with van der Waals surface area (Å²) in [4.78, 5) is 24.2. The number of nitrogens with one attached hydrogen (secondary N) is 1. The largest absolute Gasteiger partial charge is 0.573 e. The molecule has 10 heteroatoms. The van der Waals surface area contributed by atoms with Crippen LogP contribution in [0.1, 0.15) is 6.42 Å². The highest BCUT2D eigenvalue weighted by Gasteiger charge is 2.35. The number of nitrogens with two attached hydrogens (primary N) is 1. The first kappa shape index (κ1) is 19.2. The minimum Gasteiger partial charge on any atom is -0.406 e. The number of halogens is 3. The number of para-hydroxylation sites is 1. The quantitative estimate of drug-likeness (QED) is 0.818. The molecule has 0 unspecified atom stereocenters. The minimum absolute atomic E-state index is 0.0230. The molecule has 1 atom stereocenters. The topological polar surface area (TPSA) is 97.0 Å². The molecule has 2 aromatic carbocycles. The Balaban J connectivity index is 1.77. The van der Waals surface area contributed by atoms with Gasteiger partial charge in [-0.15, -0.1) is 13.2 Å². The van der Waals surface area contributed by atoms with Crippen molar-refractivity contribution >= 4 is 28.9 Å². The first-order valence-electron chi connectivity index (χ1n) is 8.11. The highest BCUT2D eigenvalue weighted by atomic mass is 19.4. The number of alkyl halides is 3. The van der Waals surface area contributed by atoms with Crippen LogP contribution in [0.3, 0.4) is 0 Å². The summed E-state index contributed by atoms with van der Waals surface area (Å²) < 4.78 is 40.8. The lowest BCUT2D eigenvalue weighted by Gasteiger charge is -2.20. The summed E-state index contributed by atoms with van der Waals surface area (Å²) in [5, 5.41) is 7.96. The molecule has 0 radical (unpaired) electrons. The van der Waals surface area contributed by atoms with Gasteiger partial charge in [0.15, 0.2) is 0 Å². The number of amides is 2. The fraction of sp³-hybridized carbons (Fsp3) is 0.167. The molecule has 146 valence electrons. The molecule has 28 heavy (non-hydrogen) atoms. The molecule has 7 nitrogen and oxygen atoms in total. The summed E-state index contributed by atoms with van der Waals surface area (Å²) >= 11 is 0. The van der Waals surface area contributed by atoms with E-state index in [1.807, 2.05) is 0 Å². The molecule has 0 fully saturated rings. The molecule has 0 bridgehead atoms. The predicted octanol–water partition coefficient (Wildman–Crippen LogP) is 2.64. The van der Waals surface area contributed by atoms with Crippen molar-refractivity contribution in [1.82, 2.24) is 0 Å². The first-order valence-corrected chi connectivity index (χ1v) is 8.11. The molecule has 0 saturated heterocycles. The van der Waals surface area contributed by atoms with Crippen molar-refractivity contribution in [1.29, 1.82) is 0 Å². The Morgan fingerprint density at radius 2 is 1.86 bits per heavy atom. The first-order chi connectivity index (χ1) is 13.2. The Labute approximate surface area is 157 Å². The molecule has 0 spiro atoms. The molecule has 1 aliphatic rings. The number of hydrogen-bond acceptors (Lipinski definition) is 5. The van der Waals surface area contributed by atoms with E-state index in [0.717, 1.165) is 12.1 Å². The molecule has 0 aliphatic carbocycles. The number of benzene rings is 2. The number of rotatable bonds is 5. The summed E-state index contributed by atoms with van der Waals surface area (Å²) in [5.74, 6) is -1.79. The third kappa shape index (κ3) is 4.58. The van der Waals surface area contributed by atoms with Gasteiger partial charge in [0.25, 0.3) is 5.91 Å². The monoisotopic (exact) mass is 392 g/mol. The molecule has 0 saturated carbocycles. The zero-order valence-corrected chi connectivity index (χ0v) is 14.3. The van der Waals surface area contributed by atoms with Crippen LogP contribution in [-0.2, 0) is 9.59 Å². The average molecular weight is 392 g/mol. The van der Waals surface area contributed by atoms with E-state index in [-0.39, 0.29) is 17.8 Å². The van der Waals surface area contributed by atoms with Gasteiger partial charge in [0.05, 0.1) is 5.69 Å². The standard InChI is InChI=1S/C18H15F3N4O3/c19-18(20,21)28-13-8-4-5-11(9-13)23-17(27)14-10-15(16(22)26)25(24-14)12-6-2-1-3-7-12/h1-9,15H,10H2,(H2,22,26)(H,23,27)/t15-/m1/s1. The molecular weight excluding hydrogens is 377 g/mol.